The minimum Gasteiger partial charge on any atom is -0.339 e. The monoisotopic (exact) mass is 231 g/mol. The average molecular weight is 231 g/mol. The Labute approximate surface area is 104 Å². The molecule has 1 heterocycles. The van der Waals surface area contributed by atoms with Crippen molar-refractivity contribution in [2.45, 2.75) is 38.5 Å². The molecular weight excluding hydrogens is 210 g/mol. The van der Waals surface area contributed by atoms with E-state index in [1.54, 1.807) is 0 Å². The van der Waals surface area contributed by atoms with Crippen molar-refractivity contribution in [2.24, 2.45) is 0 Å². The van der Waals surface area contributed by atoms with E-state index in [1.165, 1.54) is 25.7 Å². The van der Waals surface area contributed by atoms with Gasteiger partial charge in [0.1, 0.15) is 0 Å². The molecule has 0 unspecified atom stereocenters. The SMILES string of the molecule is O=C(c1ccccc1)N1CCCCCCCC1. The highest BCUT2D eigenvalue weighted by Gasteiger charge is 2.15. The lowest BCUT2D eigenvalue weighted by molar-refractivity contribution is 0.0752. The van der Waals surface area contributed by atoms with Crippen LogP contribution in [0.2, 0.25) is 0 Å². The van der Waals surface area contributed by atoms with Gasteiger partial charge in [0.2, 0.25) is 0 Å². The first-order valence-electron chi connectivity index (χ1n) is 6.72. The van der Waals surface area contributed by atoms with E-state index in [1.807, 2.05) is 35.2 Å². The fraction of sp³-hybridized carbons (Fsp3) is 0.533. The van der Waals surface area contributed by atoms with Gasteiger partial charge in [0.15, 0.2) is 0 Å². The van der Waals surface area contributed by atoms with E-state index in [-0.39, 0.29) is 5.91 Å². The molecule has 0 bridgehead atoms. The summed E-state index contributed by atoms with van der Waals surface area (Å²) >= 11 is 0. The summed E-state index contributed by atoms with van der Waals surface area (Å²) in [5, 5.41) is 0. The summed E-state index contributed by atoms with van der Waals surface area (Å²) in [6, 6.07) is 9.65. The van der Waals surface area contributed by atoms with E-state index in [9.17, 15) is 4.79 Å². The number of amides is 1. The third-order valence-corrected chi connectivity index (χ3v) is 3.41. The van der Waals surface area contributed by atoms with Crippen molar-refractivity contribution < 1.29 is 4.79 Å². The summed E-state index contributed by atoms with van der Waals surface area (Å²) in [6.45, 7) is 1.85. The minimum atomic E-state index is 0.201. The van der Waals surface area contributed by atoms with E-state index in [0.29, 0.717) is 0 Å². The van der Waals surface area contributed by atoms with Crippen molar-refractivity contribution in [3.05, 3.63) is 35.9 Å². The summed E-state index contributed by atoms with van der Waals surface area (Å²) in [6.07, 6.45) is 7.48. The van der Waals surface area contributed by atoms with E-state index in [2.05, 4.69) is 0 Å². The van der Waals surface area contributed by atoms with Gasteiger partial charge in [-0.3, -0.25) is 4.79 Å². The van der Waals surface area contributed by atoms with Crippen LogP contribution in [-0.4, -0.2) is 23.9 Å². The number of carbonyl (C=O) groups excluding carboxylic acids is 1. The quantitative estimate of drug-likeness (QED) is 0.724. The fourth-order valence-electron chi connectivity index (χ4n) is 2.39. The molecule has 0 N–H and O–H groups in total. The van der Waals surface area contributed by atoms with Crippen LogP contribution in [0.3, 0.4) is 0 Å². The van der Waals surface area contributed by atoms with Crippen LogP contribution in [0, 0.1) is 0 Å². The van der Waals surface area contributed by atoms with Crippen LogP contribution in [-0.2, 0) is 0 Å². The molecule has 0 spiro atoms. The molecule has 2 rings (SSSR count). The van der Waals surface area contributed by atoms with Crippen LogP contribution in [0.25, 0.3) is 0 Å². The Morgan fingerprint density at radius 1 is 0.824 bits per heavy atom. The normalized spacial score (nSPS) is 18.0. The van der Waals surface area contributed by atoms with Crippen molar-refractivity contribution in [3.8, 4) is 0 Å². The molecule has 1 aromatic carbocycles. The molecule has 1 aromatic rings. The summed E-state index contributed by atoms with van der Waals surface area (Å²) in [5.74, 6) is 0.201. The van der Waals surface area contributed by atoms with Crippen LogP contribution in [0.5, 0.6) is 0 Å². The standard InChI is InChI=1S/C15H21NO/c17-15(14-10-6-5-7-11-14)16-12-8-3-1-2-4-9-13-16/h5-7,10-11H,1-4,8-9,12-13H2. The Morgan fingerprint density at radius 3 is 1.94 bits per heavy atom. The van der Waals surface area contributed by atoms with Crippen LogP contribution in [0.15, 0.2) is 30.3 Å². The average Bonchev–Trinajstić information content (AvgIpc) is 2.52. The number of nitrogens with zero attached hydrogens (tertiary/aromatic N) is 1. The molecule has 92 valence electrons. The third-order valence-electron chi connectivity index (χ3n) is 3.41. The zero-order valence-electron chi connectivity index (χ0n) is 10.4. The highest BCUT2D eigenvalue weighted by molar-refractivity contribution is 5.94. The Bertz CT molecular complexity index is 337. The zero-order chi connectivity index (χ0) is 11.9. The summed E-state index contributed by atoms with van der Waals surface area (Å²) < 4.78 is 0. The molecule has 0 aliphatic carbocycles. The van der Waals surface area contributed by atoms with Gasteiger partial charge in [-0.1, -0.05) is 43.9 Å². The summed E-state index contributed by atoms with van der Waals surface area (Å²) in [7, 11) is 0. The van der Waals surface area contributed by atoms with E-state index >= 15 is 0 Å². The predicted octanol–water partition coefficient (Wildman–Crippen LogP) is 3.48. The topological polar surface area (TPSA) is 20.3 Å². The Kier molecular flexibility index (Phi) is 4.60. The largest absolute Gasteiger partial charge is 0.339 e. The van der Waals surface area contributed by atoms with Crippen LogP contribution in [0.1, 0.15) is 48.9 Å². The van der Waals surface area contributed by atoms with Gasteiger partial charge < -0.3 is 4.90 Å². The van der Waals surface area contributed by atoms with Crippen LogP contribution >= 0.6 is 0 Å². The lowest BCUT2D eigenvalue weighted by Gasteiger charge is -2.22. The van der Waals surface area contributed by atoms with Gasteiger partial charge in [-0.25, -0.2) is 0 Å². The van der Waals surface area contributed by atoms with Crippen LogP contribution in [0.4, 0.5) is 0 Å². The highest BCUT2D eigenvalue weighted by Crippen LogP contribution is 2.13. The maximum Gasteiger partial charge on any atom is 0.253 e. The predicted molar refractivity (Wildman–Crippen MR) is 70.0 cm³/mol. The second-order valence-corrected chi connectivity index (χ2v) is 4.78. The first-order chi connectivity index (χ1) is 8.38. The second-order valence-electron chi connectivity index (χ2n) is 4.78. The van der Waals surface area contributed by atoms with Crippen LogP contribution < -0.4 is 0 Å². The van der Waals surface area contributed by atoms with Gasteiger partial charge in [-0.15, -0.1) is 0 Å². The molecule has 1 fully saturated rings. The zero-order valence-corrected chi connectivity index (χ0v) is 10.4. The minimum absolute atomic E-state index is 0.201. The van der Waals surface area contributed by atoms with Gasteiger partial charge in [0.25, 0.3) is 5.91 Å². The van der Waals surface area contributed by atoms with Crippen molar-refractivity contribution in [3.63, 3.8) is 0 Å². The van der Waals surface area contributed by atoms with Gasteiger partial charge >= 0.3 is 0 Å². The lowest BCUT2D eigenvalue weighted by atomic mass is 10.1. The molecule has 0 aromatic heterocycles. The molecule has 17 heavy (non-hydrogen) atoms. The Balaban J connectivity index is 2.01. The molecule has 1 amide bonds. The summed E-state index contributed by atoms with van der Waals surface area (Å²) in [5.41, 5.74) is 0.826. The Hall–Kier alpha value is -1.31. The molecule has 1 aliphatic rings. The molecule has 2 nitrogen and oxygen atoms in total. The highest BCUT2D eigenvalue weighted by atomic mass is 16.2. The summed E-state index contributed by atoms with van der Waals surface area (Å²) in [4.78, 5) is 14.3. The lowest BCUT2D eigenvalue weighted by Crippen LogP contribution is -2.32. The van der Waals surface area contributed by atoms with E-state index in [0.717, 1.165) is 31.5 Å². The molecule has 2 heteroatoms. The number of carbonyl (C=O) groups is 1. The Morgan fingerprint density at radius 2 is 1.35 bits per heavy atom. The van der Waals surface area contributed by atoms with Gasteiger partial charge in [-0.05, 0) is 25.0 Å². The molecule has 1 aliphatic heterocycles. The maximum atomic E-state index is 12.3. The molecule has 0 atom stereocenters. The molecular formula is C15H21NO. The first kappa shape index (κ1) is 12.2. The first-order valence-corrected chi connectivity index (χ1v) is 6.72. The smallest absolute Gasteiger partial charge is 0.253 e. The van der Waals surface area contributed by atoms with Gasteiger partial charge in [0, 0.05) is 18.7 Å². The molecule has 0 radical (unpaired) electrons. The molecule has 1 saturated heterocycles. The van der Waals surface area contributed by atoms with Crippen molar-refractivity contribution in [1.82, 2.24) is 4.90 Å². The van der Waals surface area contributed by atoms with E-state index < -0.39 is 0 Å². The van der Waals surface area contributed by atoms with Crippen molar-refractivity contribution in [1.29, 1.82) is 0 Å². The molecule has 0 saturated carbocycles. The van der Waals surface area contributed by atoms with Crippen molar-refractivity contribution in [2.75, 3.05) is 13.1 Å². The number of benzene rings is 1. The number of rotatable bonds is 1. The van der Waals surface area contributed by atoms with Gasteiger partial charge in [0.05, 0.1) is 0 Å². The maximum absolute atomic E-state index is 12.3. The van der Waals surface area contributed by atoms with Gasteiger partial charge in [-0.2, -0.15) is 0 Å². The third kappa shape index (κ3) is 3.58. The number of hydrogen-bond donors (Lipinski definition) is 0. The van der Waals surface area contributed by atoms with Crippen molar-refractivity contribution >= 4 is 5.91 Å². The van der Waals surface area contributed by atoms with E-state index in [4.69, 9.17) is 0 Å². The number of hydrogen-bond acceptors (Lipinski definition) is 1. The second kappa shape index (κ2) is 6.43. The fourth-order valence-corrected chi connectivity index (χ4v) is 2.39.